The van der Waals surface area contributed by atoms with Crippen LogP contribution in [0.3, 0.4) is 0 Å². The zero-order chi connectivity index (χ0) is 13.1. The molecule has 2 rings (SSSR count). The van der Waals surface area contributed by atoms with Gasteiger partial charge >= 0.3 is 0 Å². The molecule has 2 aromatic carbocycles. The second-order valence-corrected chi connectivity index (χ2v) is 5.37. The highest BCUT2D eigenvalue weighted by atomic mass is 79.9. The standard InChI is InChI=1S/C13H7BrF2OS/c14-9-3-1-2-4-12(9)18-13-10(15)5-8(7-17)6-11(13)16/h1-7H. The van der Waals surface area contributed by atoms with Gasteiger partial charge in [-0.2, -0.15) is 0 Å². The van der Waals surface area contributed by atoms with Crippen molar-refractivity contribution in [2.45, 2.75) is 9.79 Å². The molecular weight excluding hydrogens is 322 g/mol. The van der Waals surface area contributed by atoms with Crippen LogP contribution in [0.2, 0.25) is 0 Å². The summed E-state index contributed by atoms with van der Waals surface area (Å²) in [5.41, 5.74) is -0.0125. The molecule has 0 aliphatic carbocycles. The molecule has 0 aliphatic heterocycles. The average Bonchev–Trinajstić information content (AvgIpc) is 2.35. The Kier molecular flexibility index (Phi) is 4.14. The van der Waals surface area contributed by atoms with Crippen LogP contribution in [-0.2, 0) is 0 Å². The summed E-state index contributed by atoms with van der Waals surface area (Å²) in [4.78, 5) is 11.1. The van der Waals surface area contributed by atoms with E-state index < -0.39 is 11.6 Å². The number of aldehydes is 1. The maximum atomic E-state index is 13.7. The fraction of sp³-hybridized carbons (Fsp3) is 0. The van der Waals surface area contributed by atoms with Crippen LogP contribution in [-0.4, -0.2) is 6.29 Å². The molecule has 1 nitrogen and oxygen atoms in total. The monoisotopic (exact) mass is 328 g/mol. The molecule has 0 aliphatic rings. The Bertz CT molecular complexity index is 578. The first-order chi connectivity index (χ1) is 8.61. The maximum absolute atomic E-state index is 13.7. The van der Waals surface area contributed by atoms with Gasteiger partial charge in [-0.05, 0) is 40.2 Å². The lowest BCUT2D eigenvalue weighted by atomic mass is 10.2. The van der Waals surface area contributed by atoms with Gasteiger partial charge in [0.05, 0.1) is 4.90 Å². The van der Waals surface area contributed by atoms with Gasteiger partial charge in [0.1, 0.15) is 17.9 Å². The fourth-order valence-corrected chi connectivity index (χ4v) is 2.76. The first-order valence-corrected chi connectivity index (χ1v) is 6.59. The Morgan fingerprint density at radius 1 is 1.11 bits per heavy atom. The van der Waals surface area contributed by atoms with Crippen LogP contribution < -0.4 is 0 Å². The molecule has 0 spiro atoms. The number of carbonyl (C=O) groups is 1. The van der Waals surface area contributed by atoms with Crippen molar-refractivity contribution in [1.82, 2.24) is 0 Å². The molecular formula is C13H7BrF2OS. The minimum atomic E-state index is -0.738. The van der Waals surface area contributed by atoms with Crippen molar-refractivity contribution in [2.24, 2.45) is 0 Å². The Labute approximate surface area is 115 Å². The lowest BCUT2D eigenvalue weighted by Gasteiger charge is -2.07. The molecule has 0 saturated carbocycles. The second-order valence-electron chi connectivity index (χ2n) is 3.46. The summed E-state index contributed by atoms with van der Waals surface area (Å²) in [6, 6.07) is 9.18. The predicted molar refractivity (Wildman–Crippen MR) is 70.0 cm³/mol. The van der Waals surface area contributed by atoms with E-state index in [0.717, 1.165) is 28.4 Å². The van der Waals surface area contributed by atoms with Crippen LogP contribution in [0.25, 0.3) is 0 Å². The summed E-state index contributed by atoms with van der Waals surface area (Å²) in [6.07, 6.45) is 0.416. The molecule has 0 aromatic heterocycles. The Balaban J connectivity index is 2.41. The highest BCUT2D eigenvalue weighted by Crippen LogP contribution is 2.36. The topological polar surface area (TPSA) is 17.1 Å². The van der Waals surface area contributed by atoms with Gasteiger partial charge in [0.15, 0.2) is 0 Å². The van der Waals surface area contributed by atoms with Crippen molar-refractivity contribution in [3.05, 3.63) is 58.1 Å². The van der Waals surface area contributed by atoms with Crippen molar-refractivity contribution in [2.75, 3.05) is 0 Å². The van der Waals surface area contributed by atoms with Gasteiger partial charge in [-0.15, -0.1) is 0 Å². The normalized spacial score (nSPS) is 10.4. The predicted octanol–water partition coefficient (Wildman–Crippen LogP) is 4.69. The zero-order valence-corrected chi connectivity index (χ0v) is 11.4. The van der Waals surface area contributed by atoms with E-state index in [4.69, 9.17) is 0 Å². The van der Waals surface area contributed by atoms with Gasteiger partial charge < -0.3 is 0 Å². The first kappa shape index (κ1) is 13.2. The molecule has 0 N–H and O–H groups in total. The summed E-state index contributed by atoms with van der Waals surface area (Å²) >= 11 is 4.28. The Hall–Kier alpha value is -1.20. The van der Waals surface area contributed by atoms with E-state index in [1.54, 1.807) is 18.2 Å². The van der Waals surface area contributed by atoms with Crippen LogP contribution in [0, 0.1) is 11.6 Å². The zero-order valence-electron chi connectivity index (χ0n) is 8.99. The molecule has 0 unspecified atom stereocenters. The molecule has 0 saturated heterocycles. The molecule has 0 atom stereocenters. The summed E-state index contributed by atoms with van der Waals surface area (Å²) in [6.45, 7) is 0. The molecule has 0 fully saturated rings. The van der Waals surface area contributed by atoms with Crippen molar-refractivity contribution in [3.8, 4) is 0 Å². The largest absolute Gasteiger partial charge is 0.298 e. The second kappa shape index (κ2) is 5.63. The summed E-state index contributed by atoms with van der Waals surface area (Å²) < 4.78 is 28.1. The molecule has 0 amide bonds. The molecule has 0 bridgehead atoms. The molecule has 2 aromatic rings. The van der Waals surface area contributed by atoms with E-state index in [1.807, 2.05) is 6.07 Å². The average molecular weight is 329 g/mol. The van der Waals surface area contributed by atoms with Crippen LogP contribution >= 0.6 is 27.7 Å². The lowest BCUT2D eigenvalue weighted by molar-refractivity contribution is 0.112. The van der Waals surface area contributed by atoms with E-state index in [2.05, 4.69) is 15.9 Å². The van der Waals surface area contributed by atoms with E-state index in [1.165, 1.54) is 0 Å². The van der Waals surface area contributed by atoms with E-state index in [9.17, 15) is 13.6 Å². The SMILES string of the molecule is O=Cc1cc(F)c(Sc2ccccc2Br)c(F)c1. The van der Waals surface area contributed by atoms with Crippen LogP contribution in [0.5, 0.6) is 0 Å². The third-order valence-corrected chi connectivity index (χ3v) is 4.33. The third kappa shape index (κ3) is 2.79. The number of carbonyl (C=O) groups excluding carboxylic acids is 1. The van der Waals surface area contributed by atoms with Crippen molar-refractivity contribution in [1.29, 1.82) is 0 Å². The quantitative estimate of drug-likeness (QED) is 0.760. The van der Waals surface area contributed by atoms with Gasteiger partial charge in [-0.3, -0.25) is 4.79 Å². The van der Waals surface area contributed by atoms with Crippen molar-refractivity contribution < 1.29 is 13.6 Å². The Morgan fingerprint density at radius 2 is 1.72 bits per heavy atom. The van der Waals surface area contributed by atoms with E-state index in [-0.39, 0.29) is 10.5 Å². The minimum Gasteiger partial charge on any atom is -0.298 e. The smallest absolute Gasteiger partial charge is 0.150 e. The van der Waals surface area contributed by atoms with Crippen LogP contribution in [0.1, 0.15) is 10.4 Å². The molecule has 18 heavy (non-hydrogen) atoms. The highest BCUT2D eigenvalue weighted by Gasteiger charge is 2.13. The van der Waals surface area contributed by atoms with Gasteiger partial charge in [0.2, 0.25) is 0 Å². The number of rotatable bonds is 3. The molecule has 0 radical (unpaired) electrons. The number of halogens is 3. The maximum Gasteiger partial charge on any atom is 0.150 e. The molecule has 92 valence electrons. The van der Waals surface area contributed by atoms with Gasteiger partial charge in [-0.1, -0.05) is 23.9 Å². The van der Waals surface area contributed by atoms with Crippen molar-refractivity contribution in [3.63, 3.8) is 0 Å². The summed E-state index contributed by atoms with van der Waals surface area (Å²) in [5.74, 6) is -1.48. The highest BCUT2D eigenvalue weighted by molar-refractivity contribution is 9.10. The summed E-state index contributed by atoms with van der Waals surface area (Å²) in [5, 5.41) is 0. The number of hydrogen-bond donors (Lipinski definition) is 0. The lowest BCUT2D eigenvalue weighted by Crippen LogP contribution is -1.92. The first-order valence-electron chi connectivity index (χ1n) is 4.98. The number of benzene rings is 2. The molecule has 0 heterocycles. The molecule has 5 heteroatoms. The third-order valence-electron chi connectivity index (χ3n) is 2.21. The Morgan fingerprint density at radius 3 is 2.28 bits per heavy atom. The number of hydrogen-bond acceptors (Lipinski definition) is 2. The van der Waals surface area contributed by atoms with Crippen LogP contribution in [0.15, 0.2) is 50.7 Å². The van der Waals surface area contributed by atoms with Crippen molar-refractivity contribution >= 4 is 34.0 Å². The van der Waals surface area contributed by atoms with Crippen LogP contribution in [0.4, 0.5) is 8.78 Å². The summed E-state index contributed by atoms with van der Waals surface area (Å²) in [7, 11) is 0. The van der Waals surface area contributed by atoms with Gasteiger partial charge in [-0.25, -0.2) is 8.78 Å². The fourth-order valence-electron chi connectivity index (χ4n) is 1.38. The van der Waals surface area contributed by atoms with E-state index >= 15 is 0 Å². The minimum absolute atomic E-state index is 0.0125. The van der Waals surface area contributed by atoms with Gasteiger partial charge in [0.25, 0.3) is 0 Å². The van der Waals surface area contributed by atoms with E-state index in [0.29, 0.717) is 11.2 Å². The van der Waals surface area contributed by atoms with Gasteiger partial charge in [0, 0.05) is 14.9 Å².